The number of benzene rings is 1. The Bertz CT molecular complexity index is 533. The van der Waals surface area contributed by atoms with Crippen LogP contribution in [0.2, 0.25) is 0 Å². The minimum absolute atomic E-state index is 0.194. The third-order valence-corrected chi connectivity index (χ3v) is 4.15. The zero-order valence-corrected chi connectivity index (χ0v) is 12.3. The first-order chi connectivity index (χ1) is 8.41. The Balaban J connectivity index is 2.34. The van der Waals surface area contributed by atoms with Crippen molar-refractivity contribution in [3.63, 3.8) is 0 Å². The molecular weight excluding hydrogens is 240 g/mol. The van der Waals surface area contributed by atoms with Crippen LogP contribution in [0.15, 0.2) is 24.3 Å². The average Bonchev–Trinajstić information content (AvgIpc) is 2.69. The maximum absolute atomic E-state index is 5.67. The summed E-state index contributed by atoms with van der Waals surface area (Å²) in [5.74, 6) is 0. The molecule has 96 valence electrons. The lowest BCUT2D eigenvalue weighted by Gasteiger charge is -2.18. The summed E-state index contributed by atoms with van der Waals surface area (Å²) < 4.78 is 0. The van der Waals surface area contributed by atoms with Gasteiger partial charge in [0.2, 0.25) is 0 Å². The van der Waals surface area contributed by atoms with E-state index >= 15 is 0 Å². The molecule has 3 heteroatoms. The first-order valence-corrected chi connectivity index (χ1v) is 7.01. The summed E-state index contributed by atoms with van der Waals surface area (Å²) in [4.78, 5) is 5.80. The molecular formula is C15H20N2S. The largest absolute Gasteiger partial charge is 0.325 e. The Morgan fingerprint density at radius 3 is 2.22 bits per heavy atom. The van der Waals surface area contributed by atoms with Gasteiger partial charge in [-0.2, -0.15) is 0 Å². The lowest BCUT2D eigenvalue weighted by molar-refractivity contribution is 0.590. The predicted octanol–water partition coefficient (Wildman–Crippen LogP) is 3.87. The Morgan fingerprint density at radius 2 is 1.78 bits per heavy atom. The lowest BCUT2D eigenvalue weighted by Crippen LogP contribution is -2.10. The molecule has 0 unspecified atom stereocenters. The second-order valence-corrected chi connectivity index (χ2v) is 6.76. The SMILES string of the molecule is Cc1sc(-c2ccc(C(C)(C)C)cc2)nc1CN. The highest BCUT2D eigenvalue weighted by Crippen LogP contribution is 2.29. The van der Waals surface area contributed by atoms with E-state index < -0.39 is 0 Å². The van der Waals surface area contributed by atoms with Gasteiger partial charge >= 0.3 is 0 Å². The van der Waals surface area contributed by atoms with Gasteiger partial charge in [-0.3, -0.25) is 0 Å². The van der Waals surface area contributed by atoms with E-state index in [0.29, 0.717) is 6.54 Å². The predicted molar refractivity (Wildman–Crippen MR) is 78.9 cm³/mol. The van der Waals surface area contributed by atoms with Crippen LogP contribution in [0, 0.1) is 6.92 Å². The molecule has 0 amide bonds. The van der Waals surface area contributed by atoms with Crippen LogP contribution in [0.1, 0.15) is 36.9 Å². The number of aromatic nitrogens is 1. The highest BCUT2D eigenvalue weighted by Gasteiger charge is 2.14. The van der Waals surface area contributed by atoms with Crippen molar-refractivity contribution in [2.45, 2.75) is 39.7 Å². The van der Waals surface area contributed by atoms with Crippen LogP contribution >= 0.6 is 11.3 Å². The molecule has 0 aliphatic rings. The van der Waals surface area contributed by atoms with Gasteiger partial charge in [0, 0.05) is 17.0 Å². The summed E-state index contributed by atoms with van der Waals surface area (Å²) in [6.45, 7) is 9.27. The van der Waals surface area contributed by atoms with Gasteiger partial charge in [0.25, 0.3) is 0 Å². The van der Waals surface area contributed by atoms with Gasteiger partial charge in [-0.1, -0.05) is 45.0 Å². The molecule has 18 heavy (non-hydrogen) atoms. The van der Waals surface area contributed by atoms with E-state index in [1.807, 2.05) is 0 Å². The van der Waals surface area contributed by atoms with Crippen molar-refractivity contribution in [1.82, 2.24) is 4.98 Å². The monoisotopic (exact) mass is 260 g/mol. The van der Waals surface area contributed by atoms with Crippen LogP contribution in [-0.2, 0) is 12.0 Å². The molecule has 0 radical (unpaired) electrons. The van der Waals surface area contributed by atoms with Gasteiger partial charge in [0.05, 0.1) is 5.69 Å². The Labute approximate surface area is 113 Å². The first kappa shape index (κ1) is 13.2. The van der Waals surface area contributed by atoms with E-state index in [-0.39, 0.29) is 5.41 Å². The number of nitrogens with two attached hydrogens (primary N) is 1. The number of thiazole rings is 1. The lowest BCUT2D eigenvalue weighted by atomic mass is 9.87. The van der Waals surface area contributed by atoms with Gasteiger partial charge in [-0.05, 0) is 17.9 Å². The van der Waals surface area contributed by atoms with E-state index in [9.17, 15) is 0 Å². The first-order valence-electron chi connectivity index (χ1n) is 6.19. The molecule has 2 nitrogen and oxygen atoms in total. The molecule has 0 fully saturated rings. The fourth-order valence-corrected chi connectivity index (χ4v) is 2.80. The molecule has 0 saturated heterocycles. The quantitative estimate of drug-likeness (QED) is 0.890. The fourth-order valence-electron chi connectivity index (χ4n) is 1.85. The van der Waals surface area contributed by atoms with Crippen molar-refractivity contribution in [2.24, 2.45) is 5.73 Å². The van der Waals surface area contributed by atoms with Crippen molar-refractivity contribution in [3.05, 3.63) is 40.4 Å². The molecule has 0 bridgehead atoms. The molecule has 0 atom stereocenters. The molecule has 1 heterocycles. The van der Waals surface area contributed by atoms with Gasteiger partial charge in [-0.15, -0.1) is 11.3 Å². The number of nitrogens with zero attached hydrogens (tertiary/aromatic N) is 1. The Morgan fingerprint density at radius 1 is 1.17 bits per heavy atom. The molecule has 2 rings (SSSR count). The van der Waals surface area contributed by atoms with E-state index in [1.165, 1.54) is 16.0 Å². The maximum atomic E-state index is 5.67. The summed E-state index contributed by atoms with van der Waals surface area (Å²) >= 11 is 1.71. The third kappa shape index (κ3) is 2.62. The van der Waals surface area contributed by atoms with Gasteiger partial charge in [0.15, 0.2) is 0 Å². The normalized spacial score (nSPS) is 11.8. The summed E-state index contributed by atoms with van der Waals surface area (Å²) in [7, 11) is 0. The highest BCUT2D eigenvalue weighted by atomic mass is 32.1. The number of hydrogen-bond acceptors (Lipinski definition) is 3. The Kier molecular flexibility index (Phi) is 3.55. The standard InChI is InChI=1S/C15H20N2S/c1-10-13(9-16)17-14(18-10)11-5-7-12(8-6-11)15(2,3)4/h5-8H,9,16H2,1-4H3. The van der Waals surface area contributed by atoms with E-state index in [4.69, 9.17) is 5.73 Å². The number of hydrogen-bond donors (Lipinski definition) is 1. The van der Waals surface area contributed by atoms with Crippen LogP contribution in [-0.4, -0.2) is 4.98 Å². The zero-order chi connectivity index (χ0) is 13.3. The van der Waals surface area contributed by atoms with Crippen LogP contribution in [0.4, 0.5) is 0 Å². The smallest absolute Gasteiger partial charge is 0.123 e. The van der Waals surface area contributed by atoms with E-state index in [1.54, 1.807) is 11.3 Å². The van der Waals surface area contributed by atoms with Crippen molar-refractivity contribution < 1.29 is 0 Å². The summed E-state index contributed by atoms with van der Waals surface area (Å²) in [5, 5.41) is 1.06. The second kappa shape index (κ2) is 4.82. The minimum Gasteiger partial charge on any atom is -0.325 e. The molecule has 0 aliphatic carbocycles. The fraction of sp³-hybridized carbons (Fsp3) is 0.400. The van der Waals surface area contributed by atoms with E-state index in [2.05, 4.69) is 56.9 Å². The average molecular weight is 260 g/mol. The zero-order valence-electron chi connectivity index (χ0n) is 11.4. The van der Waals surface area contributed by atoms with Gasteiger partial charge < -0.3 is 5.73 Å². The van der Waals surface area contributed by atoms with Crippen LogP contribution < -0.4 is 5.73 Å². The summed E-state index contributed by atoms with van der Waals surface area (Å²) in [6, 6.07) is 8.68. The van der Waals surface area contributed by atoms with Crippen LogP contribution in [0.3, 0.4) is 0 Å². The van der Waals surface area contributed by atoms with Crippen molar-refractivity contribution in [3.8, 4) is 10.6 Å². The van der Waals surface area contributed by atoms with Crippen LogP contribution in [0.5, 0.6) is 0 Å². The molecule has 0 spiro atoms. The van der Waals surface area contributed by atoms with Crippen molar-refractivity contribution >= 4 is 11.3 Å². The molecule has 2 N–H and O–H groups in total. The topological polar surface area (TPSA) is 38.9 Å². The molecule has 0 aliphatic heterocycles. The van der Waals surface area contributed by atoms with Crippen molar-refractivity contribution in [1.29, 1.82) is 0 Å². The second-order valence-electron chi connectivity index (χ2n) is 5.55. The molecule has 2 aromatic rings. The van der Waals surface area contributed by atoms with Crippen LogP contribution in [0.25, 0.3) is 10.6 Å². The highest BCUT2D eigenvalue weighted by molar-refractivity contribution is 7.15. The molecule has 1 aromatic heterocycles. The van der Waals surface area contributed by atoms with E-state index in [0.717, 1.165) is 10.7 Å². The minimum atomic E-state index is 0.194. The van der Waals surface area contributed by atoms with Gasteiger partial charge in [0.1, 0.15) is 5.01 Å². The summed E-state index contributed by atoms with van der Waals surface area (Å²) in [6.07, 6.45) is 0. The Hall–Kier alpha value is -1.19. The number of aryl methyl sites for hydroxylation is 1. The van der Waals surface area contributed by atoms with Crippen molar-refractivity contribution in [2.75, 3.05) is 0 Å². The molecule has 1 aromatic carbocycles. The number of rotatable bonds is 2. The van der Waals surface area contributed by atoms with Gasteiger partial charge in [-0.25, -0.2) is 4.98 Å². The summed E-state index contributed by atoms with van der Waals surface area (Å²) in [5.41, 5.74) is 9.39. The maximum Gasteiger partial charge on any atom is 0.123 e. The third-order valence-electron chi connectivity index (χ3n) is 3.08. The molecule has 0 saturated carbocycles.